The molecule has 3 nitrogen and oxygen atoms in total. The predicted octanol–water partition coefficient (Wildman–Crippen LogP) is 4.73. The Labute approximate surface area is 169 Å². The van der Waals surface area contributed by atoms with Crippen LogP contribution in [0.4, 0.5) is 5.69 Å². The van der Waals surface area contributed by atoms with Crippen molar-refractivity contribution in [1.29, 1.82) is 0 Å². The first-order chi connectivity index (χ1) is 13.5. The van der Waals surface area contributed by atoms with Crippen LogP contribution in [0.1, 0.15) is 17.5 Å². The Kier molecular flexibility index (Phi) is 3.30. The van der Waals surface area contributed by atoms with Gasteiger partial charge in [0, 0.05) is 5.02 Å². The zero-order valence-electron chi connectivity index (χ0n) is 15.5. The Bertz CT molecular complexity index is 1000. The maximum atomic E-state index is 13.2. The second-order valence-corrected chi connectivity index (χ2v) is 9.15. The van der Waals surface area contributed by atoms with E-state index in [1.807, 2.05) is 55.5 Å². The zero-order chi connectivity index (χ0) is 19.2. The molecule has 6 atom stereocenters. The van der Waals surface area contributed by atoms with Crippen molar-refractivity contribution in [3.8, 4) is 0 Å². The van der Waals surface area contributed by atoms with Crippen LogP contribution in [0.5, 0.6) is 0 Å². The van der Waals surface area contributed by atoms with Gasteiger partial charge >= 0.3 is 0 Å². The van der Waals surface area contributed by atoms with Crippen LogP contribution in [0.15, 0.2) is 54.1 Å². The first kappa shape index (κ1) is 16.6. The van der Waals surface area contributed by atoms with E-state index in [1.165, 1.54) is 10.5 Å². The molecule has 2 aromatic carbocycles. The predicted molar refractivity (Wildman–Crippen MR) is 109 cm³/mol. The molecule has 2 amide bonds. The van der Waals surface area contributed by atoms with Crippen molar-refractivity contribution >= 4 is 35.2 Å². The minimum atomic E-state index is -0.129. The van der Waals surface area contributed by atoms with E-state index in [4.69, 9.17) is 11.6 Å². The molecule has 0 radical (unpaired) electrons. The van der Waals surface area contributed by atoms with Gasteiger partial charge in [0.1, 0.15) is 0 Å². The third-order valence-electron chi connectivity index (χ3n) is 7.33. The Morgan fingerprint density at radius 1 is 0.857 bits per heavy atom. The first-order valence-corrected chi connectivity index (χ1v) is 10.3. The van der Waals surface area contributed by atoms with E-state index in [0.717, 1.165) is 28.3 Å². The number of amides is 2. The summed E-state index contributed by atoms with van der Waals surface area (Å²) >= 11 is 5.99. The van der Waals surface area contributed by atoms with Gasteiger partial charge in [0.2, 0.25) is 11.8 Å². The van der Waals surface area contributed by atoms with Crippen LogP contribution in [-0.4, -0.2) is 11.8 Å². The molecule has 3 aliphatic carbocycles. The standard InChI is InChI=1S/C24H20ClNO2/c1-12-2-8-15(9-3-12)26-23(27)21-17-11-18(22(21)24(26)28)20-16(19(17)20)10-13-4-6-14(25)7-5-13/h2-10,17-22H,11H2,1H3/t17-,18+,19+,20-,21+,22-. The van der Waals surface area contributed by atoms with E-state index in [-0.39, 0.29) is 23.7 Å². The molecule has 6 rings (SSSR count). The van der Waals surface area contributed by atoms with Crippen LogP contribution in [0.25, 0.3) is 6.08 Å². The number of nitrogens with zero attached hydrogens (tertiary/aromatic N) is 1. The molecule has 140 valence electrons. The van der Waals surface area contributed by atoms with Gasteiger partial charge in [0.05, 0.1) is 17.5 Å². The lowest BCUT2D eigenvalue weighted by Crippen LogP contribution is -2.33. The van der Waals surface area contributed by atoms with Gasteiger partial charge in [0.15, 0.2) is 0 Å². The topological polar surface area (TPSA) is 37.4 Å². The summed E-state index contributed by atoms with van der Waals surface area (Å²) in [5.74, 6) is 1.39. The maximum absolute atomic E-state index is 13.2. The minimum absolute atomic E-state index is 0.0162. The molecule has 0 unspecified atom stereocenters. The highest BCUT2D eigenvalue weighted by molar-refractivity contribution is 6.30. The molecule has 1 heterocycles. The average Bonchev–Trinajstić information content (AvgIpc) is 2.97. The highest BCUT2D eigenvalue weighted by Gasteiger charge is 2.74. The number of fused-ring (bicyclic) bond motifs is 8. The van der Waals surface area contributed by atoms with Crippen molar-refractivity contribution in [2.24, 2.45) is 35.5 Å². The summed E-state index contributed by atoms with van der Waals surface area (Å²) in [5.41, 5.74) is 4.43. The maximum Gasteiger partial charge on any atom is 0.237 e. The molecule has 4 aliphatic rings. The van der Waals surface area contributed by atoms with Gasteiger partial charge in [-0.1, -0.05) is 53.1 Å². The van der Waals surface area contributed by atoms with Crippen LogP contribution >= 0.6 is 11.6 Å². The molecule has 28 heavy (non-hydrogen) atoms. The van der Waals surface area contributed by atoms with Gasteiger partial charge in [-0.25, -0.2) is 0 Å². The smallest absolute Gasteiger partial charge is 0.237 e. The van der Waals surface area contributed by atoms with Crippen molar-refractivity contribution in [2.45, 2.75) is 13.3 Å². The van der Waals surface area contributed by atoms with E-state index in [1.54, 1.807) is 0 Å². The second kappa shape index (κ2) is 5.57. The van der Waals surface area contributed by atoms with E-state index in [2.05, 4.69) is 6.08 Å². The number of imide groups is 1. The van der Waals surface area contributed by atoms with Crippen LogP contribution in [-0.2, 0) is 9.59 Å². The summed E-state index contributed by atoms with van der Waals surface area (Å²) in [6.45, 7) is 2.01. The van der Waals surface area contributed by atoms with E-state index < -0.39 is 0 Å². The number of carbonyl (C=O) groups is 2. The Hall–Kier alpha value is -2.39. The normalized spacial score (nSPS) is 36.2. The highest BCUT2D eigenvalue weighted by atomic mass is 35.5. The molecule has 0 spiro atoms. The fourth-order valence-corrected chi connectivity index (χ4v) is 6.33. The lowest BCUT2D eigenvalue weighted by Gasteiger charge is -2.18. The number of allylic oxidation sites excluding steroid dienone is 1. The summed E-state index contributed by atoms with van der Waals surface area (Å²) in [4.78, 5) is 27.9. The monoisotopic (exact) mass is 389 g/mol. The third kappa shape index (κ3) is 2.11. The largest absolute Gasteiger partial charge is 0.274 e. The van der Waals surface area contributed by atoms with E-state index in [9.17, 15) is 9.59 Å². The summed E-state index contributed by atoms with van der Waals surface area (Å²) in [7, 11) is 0. The van der Waals surface area contributed by atoms with Crippen LogP contribution in [0.3, 0.4) is 0 Å². The van der Waals surface area contributed by atoms with Gasteiger partial charge in [0.25, 0.3) is 0 Å². The number of anilines is 1. The molecular formula is C24H20ClNO2. The van der Waals surface area contributed by atoms with Crippen LogP contribution in [0, 0.1) is 42.4 Å². The van der Waals surface area contributed by atoms with Crippen molar-refractivity contribution in [1.82, 2.24) is 0 Å². The van der Waals surface area contributed by atoms with Gasteiger partial charge in [-0.3, -0.25) is 14.5 Å². The van der Waals surface area contributed by atoms with Gasteiger partial charge in [-0.15, -0.1) is 0 Å². The molecule has 0 N–H and O–H groups in total. The van der Waals surface area contributed by atoms with Crippen molar-refractivity contribution in [3.63, 3.8) is 0 Å². The number of hydrogen-bond acceptors (Lipinski definition) is 2. The first-order valence-electron chi connectivity index (χ1n) is 9.96. The quantitative estimate of drug-likeness (QED) is 0.696. The number of aryl methyl sites for hydroxylation is 1. The fraction of sp³-hybridized carbons (Fsp3) is 0.333. The number of halogens is 1. The molecule has 1 saturated heterocycles. The number of benzene rings is 2. The summed E-state index contributed by atoms with van der Waals surface area (Å²) in [5, 5.41) is 0.736. The number of carbonyl (C=O) groups excluding carboxylic acids is 2. The molecule has 4 fully saturated rings. The fourth-order valence-electron chi connectivity index (χ4n) is 6.21. The lowest BCUT2D eigenvalue weighted by atomic mass is 9.81. The Morgan fingerprint density at radius 3 is 2.00 bits per heavy atom. The lowest BCUT2D eigenvalue weighted by molar-refractivity contribution is -0.123. The molecule has 3 saturated carbocycles. The Morgan fingerprint density at radius 2 is 1.43 bits per heavy atom. The third-order valence-corrected chi connectivity index (χ3v) is 7.58. The molecule has 2 bridgehead atoms. The SMILES string of the molecule is Cc1ccc(N2C(=O)[C@@H]3[C@H]4C[C@@H]([C@@H]3C2=O)[C@@H]2C(=Cc3ccc(Cl)cc3)[C@H]42)cc1. The van der Waals surface area contributed by atoms with Crippen LogP contribution < -0.4 is 4.90 Å². The molecular weight excluding hydrogens is 370 g/mol. The highest BCUT2D eigenvalue weighted by Crippen LogP contribution is 2.74. The Balaban J connectivity index is 1.30. The van der Waals surface area contributed by atoms with E-state index >= 15 is 0 Å². The summed E-state index contributed by atoms with van der Waals surface area (Å²) in [6, 6.07) is 15.6. The van der Waals surface area contributed by atoms with Crippen molar-refractivity contribution in [2.75, 3.05) is 4.90 Å². The number of hydrogen-bond donors (Lipinski definition) is 0. The molecule has 2 aromatic rings. The molecule has 1 aliphatic heterocycles. The molecule has 0 aromatic heterocycles. The van der Waals surface area contributed by atoms with Gasteiger partial charge in [-0.2, -0.15) is 0 Å². The van der Waals surface area contributed by atoms with E-state index in [0.29, 0.717) is 23.7 Å². The van der Waals surface area contributed by atoms with Crippen LogP contribution in [0.2, 0.25) is 5.02 Å². The van der Waals surface area contributed by atoms with Gasteiger partial charge in [-0.05, 0) is 66.8 Å². The number of rotatable bonds is 2. The zero-order valence-corrected chi connectivity index (χ0v) is 16.3. The summed E-state index contributed by atoms with van der Waals surface area (Å²) in [6.07, 6.45) is 3.28. The van der Waals surface area contributed by atoms with Crippen molar-refractivity contribution < 1.29 is 9.59 Å². The van der Waals surface area contributed by atoms with Crippen molar-refractivity contribution in [3.05, 3.63) is 70.3 Å². The van der Waals surface area contributed by atoms with Gasteiger partial charge < -0.3 is 0 Å². The second-order valence-electron chi connectivity index (χ2n) is 8.71. The summed E-state index contributed by atoms with van der Waals surface area (Å²) < 4.78 is 0. The molecule has 4 heteroatoms. The minimum Gasteiger partial charge on any atom is -0.274 e. The average molecular weight is 390 g/mol.